The van der Waals surface area contributed by atoms with Gasteiger partial charge in [0.2, 0.25) is 0 Å². The number of thiazole rings is 1. The Hall–Kier alpha value is -1.23. The van der Waals surface area contributed by atoms with Gasteiger partial charge in [0, 0.05) is 37.1 Å². The molecule has 2 N–H and O–H groups in total. The highest BCUT2D eigenvalue weighted by Gasteiger charge is 2.17. The predicted molar refractivity (Wildman–Crippen MR) is 79.3 cm³/mol. The highest BCUT2D eigenvalue weighted by molar-refractivity contribution is 7.09. The molecule has 0 bridgehead atoms. The van der Waals surface area contributed by atoms with Crippen molar-refractivity contribution in [2.24, 2.45) is 0 Å². The lowest BCUT2D eigenvalue weighted by molar-refractivity contribution is 0.499. The van der Waals surface area contributed by atoms with Gasteiger partial charge in [-0.25, -0.2) is 4.98 Å². The van der Waals surface area contributed by atoms with Crippen molar-refractivity contribution in [3.05, 3.63) is 52.0 Å². The molecule has 0 spiro atoms. The predicted octanol–water partition coefficient (Wildman–Crippen LogP) is 2.51. The lowest BCUT2D eigenvalue weighted by Crippen LogP contribution is -2.25. The monoisotopic (exact) mass is 273 g/mol. The number of aromatic nitrogens is 1. The van der Waals surface area contributed by atoms with Gasteiger partial charge in [0.15, 0.2) is 0 Å². The zero-order valence-corrected chi connectivity index (χ0v) is 11.7. The molecule has 2 heterocycles. The Morgan fingerprint density at radius 1 is 1.37 bits per heavy atom. The average Bonchev–Trinajstić information content (AvgIpc) is 2.87. The van der Waals surface area contributed by atoms with Crippen LogP contribution in [0.2, 0.25) is 0 Å². The molecule has 0 saturated carbocycles. The highest BCUT2D eigenvalue weighted by atomic mass is 32.1. The summed E-state index contributed by atoms with van der Waals surface area (Å²) in [6, 6.07) is 9.20. The van der Waals surface area contributed by atoms with Gasteiger partial charge >= 0.3 is 0 Å². The van der Waals surface area contributed by atoms with Gasteiger partial charge in [0.25, 0.3) is 0 Å². The van der Waals surface area contributed by atoms with Gasteiger partial charge in [-0.1, -0.05) is 24.3 Å². The maximum atomic E-state index is 4.33. The molecule has 100 valence electrons. The first-order chi connectivity index (χ1) is 9.43. The maximum Gasteiger partial charge on any atom is 0.0937 e. The van der Waals surface area contributed by atoms with E-state index in [1.807, 2.05) is 11.6 Å². The maximum absolute atomic E-state index is 4.33. The van der Waals surface area contributed by atoms with Crippen LogP contribution < -0.4 is 10.6 Å². The van der Waals surface area contributed by atoms with Crippen LogP contribution in [0.25, 0.3) is 0 Å². The van der Waals surface area contributed by atoms with E-state index in [2.05, 4.69) is 39.9 Å². The van der Waals surface area contributed by atoms with E-state index in [-0.39, 0.29) is 0 Å². The van der Waals surface area contributed by atoms with Gasteiger partial charge < -0.3 is 10.6 Å². The molecule has 1 aliphatic heterocycles. The van der Waals surface area contributed by atoms with Gasteiger partial charge in [-0.3, -0.25) is 0 Å². The molecule has 1 atom stereocenters. The number of nitrogens with one attached hydrogen (secondary N) is 2. The van der Waals surface area contributed by atoms with E-state index in [1.54, 1.807) is 11.3 Å². The lowest BCUT2D eigenvalue weighted by atomic mass is 9.99. The Kier molecular flexibility index (Phi) is 4.23. The molecule has 0 saturated heterocycles. The molecule has 19 heavy (non-hydrogen) atoms. The van der Waals surface area contributed by atoms with Crippen LogP contribution in [-0.2, 0) is 13.0 Å². The molecule has 2 aromatic rings. The molecule has 1 aromatic heterocycles. The van der Waals surface area contributed by atoms with E-state index < -0.39 is 0 Å². The quantitative estimate of drug-likeness (QED) is 0.899. The van der Waals surface area contributed by atoms with Gasteiger partial charge in [-0.15, -0.1) is 11.3 Å². The van der Waals surface area contributed by atoms with Crippen LogP contribution in [-0.4, -0.2) is 18.1 Å². The molecule has 3 rings (SSSR count). The van der Waals surface area contributed by atoms with Crippen molar-refractivity contribution in [3.63, 3.8) is 0 Å². The Morgan fingerprint density at radius 2 is 2.32 bits per heavy atom. The Morgan fingerprint density at radius 3 is 3.21 bits per heavy atom. The molecule has 1 aliphatic rings. The fourth-order valence-electron chi connectivity index (χ4n) is 2.60. The number of fused-ring (bicyclic) bond motifs is 1. The molecule has 0 aliphatic carbocycles. The summed E-state index contributed by atoms with van der Waals surface area (Å²) in [4.78, 5) is 4.33. The van der Waals surface area contributed by atoms with Gasteiger partial charge in [-0.05, 0) is 24.1 Å². The van der Waals surface area contributed by atoms with E-state index in [0.29, 0.717) is 6.04 Å². The van der Waals surface area contributed by atoms with E-state index in [1.165, 1.54) is 16.1 Å². The third-order valence-electron chi connectivity index (χ3n) is 3.57. The highest BCUT2D eigenvalue weighted by Crippen LogP contribution is 2.23. The number of hydrogen-bond acceptors (Lipinski definition) is 4. The van der Waals surface area contributed by atoms with Crippen LogP contribution in [0.5, 0.6) is 0 Å². The van der Waals surface area contributed by atoms with Crippen LogP contribution in [0.3, 0.4) is 0 Å². The first-order valence-electron chi connectivity index (χ1n) is 6.84. The van der Waals surface area contributed by atoms with Gasteiger partial charge in [-0.2, -0.15) is 0 Å². The Bertz CT molecular complexity index is 510. The first-order valence-corrected chi connectivity index (χ1v) is 7.72. The second-order valence-electron chi connectivity index (χ2n) is 4.85. The summed E-state index contributed by atoms with van der Waals surface area (Å²) in [7, 11) is 0. The minimum atomic E-state index is 0.464. The summed E-state index contributed by atoms with van der Waals surface area (Å²) in [6.45, 7) is 3.05. The third kappa shape index (κ3) is 3.21. The van der Waals surface area contributed by atoms with E-state index in [0.717, 1.165) is 32.5 Å². The van der Waals surface area contributed by atoms with E-state index in [9.17, 15) is 0 Å². The van der Waals surface area contributed by atoms with Crippen molar-refractivity contribution in [2.45, 2.75) is 25.4 Å². The zero-order valence-electron chi connectivity index (χ0n) is 10.9. The van der Waals surface area contributed by atoms with E-state index >= 15 is 0 Å². The molecule has 0 amide bonds. The minimum absolute atomic E-state index is 0.464. The smallest absolute Gasteiger partial charge is 0.0937 e. The number of rotatable bonds is 4. The Labute approximate surface area is 118 Å². The van der Waals surface area contributed by atoms with Gasteiger partial charge in [0.1, 0.15) is 0 Å². The summed E-state index contributed by atoms with van der Waals surface area (Å²) >= 11 is 1.74. The normalized spacial score (nSPS) is 18.8. The standard InChI is InChI=1S/C15H19N3S/c1-2-4-13-12(3-1)11-16-7-5-14(13)17-8-6-15-18-9-10-19-15/h1-4,9-10,14,16-17H,5-8,11H2. The van der Waals surface area contributed by atoms with Crippen molar-refractivity contribution >= 4 is 11.3 Å². The molecule has 0 radical (unpaired) electrons. The number of benzene rings is 1. The fraction of sp³-hybridized carbons (Fsp3) is 0.400. The zero-order chi connectivity index (χ0) is 12.9. The lowest BCUT2D eigenvalue weighted by Gasteiger charge is -2.18. The molecular weight excluding hydrogens is 254 g/mol. The minimum Gasteiger partial charge on any atom is -0.313 e. The second kappa shape index (κ2) is 6.28. The first kappa shape index (κ1) is 12.8. The molecule has 1 aromatic carbocycles. The summed E-state index contributed by atoms with van der Waals surface area (Å²) in [6.07, 6.45) is 4.05. The topological polar surface area (TPSA) is 37.0 Å². The average molecular weight is 273 g/mol. The van der Waals surface area contributed by atoms with Crippen LogP contribution in [0.15, 0.2) is 35.8 Å². The van der Waals surface area contributed by atoms with Crippen molar-refractivity contribution in [1.29, 1.82) is 0 Å². The summed E-state index contributed by atoms with van der Waals surface area (Å²) < 4.78 is 0. The van der Waals surface area contributed by atoms with Crippen LogP contribution in [0.4, 0.5) is 0 Å². The largest absolute Gasteiger partial charge is 0.313 e. The molecule has 4 heteroatoms. The number of hydrogen-bond donors (Lipinski definition) is 2. The SMILES string of the molecule is c1ccc2c(c1)CNCCC2NCCc1nccs1. The van der Waals surface area contributed by atoms with Crippen LogP contribution in [0.1, 0.15) is 28.6 Å². The molecule has 0 fully saturated rings. The second-order valence-corrected chi connectivity index (χ2v) is 5.83. The number of nitrogens with zero attached hydrogens (tertiary/aromatic N) is 1. The molecular formula is C15H19N3S. The van der Waals surface area contributed by atoms with Crippen molar-refractivity contribution in [1.82, 2.24) is 15.6 Å². The van der Waals surface area contributed by atoms with Crippen molar-refractivity contribution < 1.29 is 0 Å². The van der Waals surface area contributed by atoms with Crippen LogP contribution >= 0.6 is 11.3 Å². The summed E-state index contributed by atoms with van der Waals surface area (Å²) in [5, 5.41) is 10.4. The molecule has 3 nitrogen and oxygen atoms in total. The van der Waals surface area contributed by atoms with E-state index in [4.69, 9.17) is 0 Å². The Balaban J connectivity index is 1.63. The van der Waals surface area contributed by atoms with Crippen molar-refractivity contribution in [2.75, 3.05) is 13.1 Å². The fourth-order valence-corrected chi connectivity index (χ4v) is 3.22. The van der Waals surface area contributed by atoms with Crippen LogP contribution in [0, 0.1) is 0 Å². The van der Waals surface area contributed by atoms with Crippen molar-refractivity contribution in [3.8, 4) is 0 Å². The summed E-state index contributed by atoms with van der Waals surface area (Å²) in [5.74, 6) is 0. The molecule has 1 unspecified atom stereocenters. The summed E-state index contributed by atoms with van der Waals surface area (Å²) in [5.41, 5.74) is 2.87. The third-order valence-corrected chi connectivity index (χ3v) is 4.41. The van der Waals surface area contributed by atoms with Gasteiger partial charge in [0.05, 0.1) is 5.01 Å².